The Bertz CT molecular complexity index is 943. The lowest BCUT2D eigenvalue weighted by atomic mass is 10.0. The number of rotatable bonds is 4. The molecule has 3 aromatic carbocycles. The Morgan fingerprint density at radius 2 is 1.50 bits per heavy atom. The first-order valence-corrected chi connectivity index (χ1v) is 9.13. The molecule has 1 amide bonds. The number of hydrogen-bond acceptors (Lipinski definition) is 4. The third-order valence-corrected chi connectivity index (χ3v) is 4.43. The van der Waals surface area contributed by atoms with Crippen LogP contribution in [0.5, 0.6) is 0 Å². The fraction of sp³-hybridized carbons (Fsp3) is 0.130. The van der Waals surface area contributed by atoms with Gasteiger partial charge in [-0.15, -0.1) is 0 Å². The zero-order valence-corrected chi connectivity index (χ0v) is 15.2. The summed E-state index contributed by atoms with van der Waals surface area (Å²) >= 11 is 0. The van der Waals surface area contributed by atoms with E-state index >= 15 is 0 Å². The number of nitrogens with zero attached hydrogens (tertiary/aromatic N) is 1. The summed E-state index contributed by atoms with van der Waals surface area (Å²) in [4.78, 5) is 17.1. The topological polar surface area (TPSA) is 59.9 Å². The van der Waals surface area contributed by atoms with E-state index in [9.17, 15) is 4.79 Å². The molecule has 0 bridgehead atoms. The van der Waals surface area contributed by atoms with Gasteiger partial charge in [-0.05, 0) is 29.8 Å². The number of para-hydroxylation sites is 1. The summed E-state index contributed by atoms with van der Waals surface area (Å²) in [5.41, 5.74) is 2.54. The summed E-state index contributed by atoms with van der Waals surface area (Å²) in [5, 5.41) is 2.74. The van der Waals surface area contributed by atoms with Gasteiger partial charge in [0.25, 0.3) is 0 Å². The van der Waals surface area contributed by atoms with Crippen LogP contribution in [-0.4, -0.2) is 24.7 Å². The van der Waals surface area contributed by atoms with Crippen molar-refractivity contribution in [1.82, 2.24) is 0 Å². The second-order valence-corrected chi connectivity index (χ2v) is 6.40. The minimum Gasteiger partial charge on any atom is -0.473 e. The Labute approximate surface area is 163 Å². The molecular weight excluding hydrogens is 352 g/mol. The van der Waals surface area contributed by atoms with Crippen molar-refractivity contribution in [3.63, 3.8) is 0 Å². The number of nitrogens with one attached hydrogen (secondary N) is 1. The fourth-order valence-corrected chi connectivity index (χ4v) is 3.08. The minimum atomic E-state index is -0.529. The van der Waals surface area contributed by atoms with Crippen LogP contribution in [0.15, 0.2) is 96.0 Å². The zero-order valence-electron chi connectivity index (χ0n) is 15.2. The molecule has 0 saturated heterocycles. The van der Waals surface area contributed by atoms with Crippen LogP contribution < -0.4 is 5.32 Å². The van der Waals surface area contributed by atoms with Gasteiger partial charge in [0.05, 0.1) is 0 Å². The minimum absolute atomic E-state index is 0.232. The molecule has 2 unspecified atom stereocenters. The van der Waals surface area contributed by atoms with Crippen LogP contribution >= 0.6 is 0 Å². The highest BCUT2D eigenvalue weighted by molar-refractivity contribution is 5.94. The lowest BCUT2D eigenvalue weighted by Crippen LogP contribution is -2.36. The molecule has 2 atom stereocenters. The Hall–Kier alpha value is -3.60. The van der Waals surface area contributed by atoms with Crippen LogP contribution in [0.3, 0.4) is 0 Å². The normalized spacial score (nSPS) is 18.5. The van der Waals surface area contributed by atoms with E-state index in [4.69, 9.17) is 14.5 Å². The number of anilines is 1. The number of aliphatic imine (C=N–C) groups is 1. The Morgan fingerprint density at radius 1 is 0.893 bits per heavy atom. The van der Waals surface area contributed by atoms with E-state index in [1.807, 2.05) is 78.9 Å². The quantitative estimate of drug-likeness (QED) is 0.714. The summed E-state index contributed by atoms with van der Waals surface area (Å²) in [6.45, 7) is 0.232. The predicted octanol–water partition coefficient (Wildman–Crippen LogP) is 4.82. The summed E-state index contributed by atoms with van der Waals surface area (Å²) in [6, 6.07) is 28.4. The van der Waals surface area contributed by atoms with Gasteiger partial charge in [-0.1, -0.05) is 66.7 Å². The first-order chi connectivity index (χ1) is 13.8. The van der Waals surface area contributed by atoms with Crippen molar-refractivity contribution in [3.05, 3.63) is 102 Å². The maximum atomic E-state index is 12.4. The molecule has 1 heterocycles. The van der Waals surface area contributed by atoms with E-state index in [1.54, 1.807) is 12.1 Å². The van der Waals surface area contributed by atoms with Crippen LogP contribution in [0.4, 0.5) is 10.5 Å². The molecule has 28 heavy (non-hydrogen) atoms. The number of carbonyl (C=O) groups is 1. The van der Waals surface area contributed by atoms with Gasteiger partial charge in [0.2, 0.25) is 5.90 Å². The lowest BCUT2D eigenvalue weighted by Gasteiger charge is -2.29. The van der Waals surface area contributed by atoms with Crippen molar-refractivity contribution in [2.75, 3.05) is 11.9 Å². The highest BCUT2D eigenvalue weighted by Crippen LogP contribution is 2.29. The van der Waals surface area contributed by atoms with Crippen molar-refractivity contribution in [1.29, 1.82) is 0 Å². The highest BCUT2D eigenvalue weighted by Gasteiger charge is 2.32. The first kappa shape index (κ1) is 17.8. The van der Waals surface area contributed by atoms with Gasteiger partial charge in [0, 0.05) is 11.3 Å². The van der Waals surface area contributed by atoms with Crippen LogP contribution in [0.25, 0.3) is 0 Å². The number of benzene rings is 3. The van der Waals surface area contributed by atoms with E-state index in [0.29, 0.717) is 11.6 Å². The SMILES string of the molecule is O=C(Nc1ccccc1)OC1COC(c2ccccc2)=NC1c1ccccc1. The van der Waals surface area contributed by atoms with Crippen LogP contribution in [0, 0.1) is 0 Å². The summed E-state index contributed by atoms with van der Waals surface area (Å²) in [6.07, 6.45) is -1.06. The van der Waals surface area contributed by atoms with Crippen LogP contribution in [-0.2, 0) is 9.47 Å². The maximum absolute atomic E-state index is 12.4. The number of ether oxygens (including phenoxy) is 2. The molecule has 140 valence electrons. The van der Waals surface area contributed by atoms with Gasteiger partial charge < -0.3 is 9.47 Å². The van der Waals surface area contributed by atoms with Gasteiger partial charge in [-0.2, -0.15) is 0 Å². The molecule has 4 rings (SSSR count). The number of amides is 1. The monoisotopic (exact) mass is 372 g/mol. The largest absolute Gasteiger partial charge is 0.473 e. The highest BCUT2D eigenvalue weighted by atomic mass is 16.6. The second kappa shape index (κ2) is 8.39. The van der Waals surface area contributed by atoms with Crippen molar-refractivity contribution < 1.29 is 14.3 Å². The molecule has 3 aromatic rings. The van der Waals surface area contributed by atoms with Crippen molar-refractivity contribution >= 4 is 17.7 Å². The molecule has 0 fully saturated rings. The van der Waals surface area contributed by atoms with Crippen LogP contribution in [0.2, 0.25) is 0 Å². The summed E-state index contributed by atoms with van der Waals surface area (Å²) < 4.78 is 11.5. The predicted molar refractivity (Wildman–Crippen MR) is 108 cm³/mol. The number of carbonyl (C=O) groups excluding carboxylic acids is 1. The molecule has 1 aliphatic rings. The smallest absolute Gasteiger partial charge is 0.412 e. The fourth-order valence-electron chi connectivity index (χ4n) is 3.08. The standard InChI is InChI=1S/C23H20N2O3/c26-23(24-19-14-8-3-9-15-19)28-20-16-27-22(18-12-6-2-7-13-18)25-21(20)17-10-4-1-5-11-17/h1-15,20-21H,16H2,(H,24,26). The third kappa shape index (κ3) is 4.20. The van der Waals surface area contributed by atoms with E-state index in [0.717, 1.165) is 11.1 Å². The molecule has 5 heteroatoms. The summed E-state index contributed by atoms with van der Waals surface area (Å²) in [7, 11) is 0. The van der Waals surface area contributed by atoms with Crippen LogP contribution in [0.1, 0.15) is 17.2 Å². The molecule has 1 N–H and O–H groups in total. The molecule has 5 nitrogen and oxygen atoms in total. The van der Waals surface area contributed by atoms with Crippen molar-refractivity contribution in [2.45, 2.75) is 12.1 Å². The Morgan fingerprint density at radius 3 is 2.18 bits per heavy atom. The second-order valence-electron chi connectivity index (χ2n) is 6.40. The first-order valence-electron chi connectivity index (χ1n) is 9.13. The van der Waals surface area contributed by atoms with E-state index < -0.39 is 12.2 Å². The van der Waals surface area contributed by atoms with Gasteiger partial charge in [0.15, 0.2) is 6.10 Å². The summed E-state index contributed by atoms with van der Waals surface area (Å²) in [5.74, 6) is 0.553. The average molecular weight is 372 g/mol. The molecule has 0 spiro atoms. The van der Waals surface area contributed by atoms with Crippen molar-refractivity contribution in [2.24, 2.45) is 4.99 Å². The molecule has 0 aromatic heterocycles. The molecule has 1 aliphatic heterocycles. The molecule has 0 saturated carbocycles. The molecule has 0 aliphatic carbocycles. The van der Waals surface area contributed by atoms with Gasteiger partial charge in [0.1, 0.15) is 12.6 Å². The van der Waals surface area contributed by atoms with Gasteiger partial charge in [-0.3, -0.25) is 5.32 Å². The van der Waals surface area contributed by atoms with Gasteiger partial charge >= 0.3 is 6.09 Å². The Balaban J connectivity index is 1.56. The lowest BCUT2D eigenvalue weighted by molar-refractivity contribution is 0.0441. The van der Waals surface area contributed by atoms with Gasteiger partial charge in [-0.25, -0.2) is 9.79 Å². The average Bonchev–Trinajstić information content (AvgIpc) is 2.76. The third-order valence-electron chi connectivity index (χ3n) is 4.43. The number of hydrogen-bond donors (Lipinski definition) is 1. The molecule has 0 radical (unpaired) electrons. The maximum Gasteiger partial charge on any atom is 0.412 e. The Kier molecular flexibility index (Phi) is 5.33. The molecular formula is C23H20N2O3. The van der Waals surface area contributed by atoms with E-state index in [-0.39, 0.29) is 12.6 Å². The van der Waals surface area contributed by atoms with E-state index in [2.05, 4.69) is 5.32 Å². The van der Waals surface area contributed by atoms with Crippen molar-refractivity contribution in [3.8, 4) is 0 Å². The van der Waals surface area contributed by atoms with E-state index in [1.165, 1.54) is 0 Å². The zero-order chi connectivity index (χ0) is 19.2.